The lowest BCUT2D eigenvalue weighted by molar-refractivity contribution is 0.873. The first-order valence-corrected chi connectivity index (χ1v) is 6.89. The summed E-state index contributed by atoms with van der Waals surface area (Å²) in [5.74, 6) is 0. The van der Waals surface area contributed by atoms with Gasteiger partial charge in [-0.25, -0.2) is 4.98 Å². The maximum absolute atomic E-state index is 5.85. The molecule has 94 valence electrons. The second-order valence-electron chi connectivity index (χ2n) is 4.15. The highest BCUT2D eigenvalue weighted by Gasteiger charge is 2.10. The van der Waals surface area contributed by atoms with Crippen molar-refractivity contribution in [2.75, 3.05) is 5.32 Å². The molecule has 0 fully saturated rings. The van der Waals surface area contributed by atoms with Crippen LogP contribution >= 0.6 is 27.5 Å². The van der Waals surface area contributed by atoms with Crippen molar-refractivity contribution in [1.29, 1.82) is 0 Å². The smallest absolute Gasteiger partial charge is 0.129 e. The molecule has 0 aliphatic heterocycles. The summed E-state index contributed by atoms with van der Waals surface area (Å²) in [5.41, 5.74) is 3.12. The molecular formula is C14H14BrClN2. The summed E-state index contributed by atoms with van der Waals surface area (Å²) in [6.07, 6.45) is 0. The number of halogens is 2. The quantitative estimate of drug-likeness (QED) is 0.805. The van der Waals surface area contributed by atoms with E-state index in [0.29, 0.717) is 5.15 Å². The van der Waals surface area contributed by atoms with Crippen LogP contribution in [0.15, 0.2) is 40.9 Å². The van der Waals surface area contributed by atoms with Gasteiger partial charge in [-0.05, 0) is 37.6 Å². The maximum atomic E-state index is 5.85. The second kappa shape index (κ2) is 5.72. The fourth-order valence-corrected chi connectivity index (χ4v) is 2.64. The third-order valence-corrected chi connectivity index (χ3v) is 3.73. The van der Waals surface area contributed by atoms with E-state index >= 15 is 0 Å². The van der Waals surface area contributed by atoms with Crippen LogP contribution in [-0.2, 0) is 0 Å². The van der Waals surface area contributed by atoms with Crippen LogP contribution in [0.2, 0.25) is 5.15 Å². The number of nitrogens with zero attached hydrogens (tertiary/aromatic N) is 1. The molecule has 0 amide bonds. The highest BCUT2D eigenvalue weighted by Crippen LogP contribution is 2.27. The van der Waals surface area contributed by atoms with Gasteiger partial charge in [-0.15, -0.1) is 0 Å². The standard InChI is InChI=1S/C14H14BrClN2/c1-9(11-5-3-4-6-12(11)15)17-13-7-8-14(16)18-10(13)2/h3-9,17H,1-2H3. The number of hydrogen-bond acceptors (Lipinski definition) is 2. The van der Waals surface area contributed by atoms with Crippen LogP contribution in [0.5, 0.6) is 0 Å². The molecule has 2 rings (SSSR count). The van der Waals surface area contributed by atoms with Gasteiger partial charge in [0.25, 0.3) is 0 Å². The Morgan fingerprint density at radius 2 is 1.94 bits per heavy atom. The number of pyridine rings is 1. The normalized spacial score (nSPS) is 12.2. The summed E-state index contributed by atoms with van der Waals surface area (Å²) >= 11 is 9.41. The van der Waals surface area contributed by atoms with Crippen molar-refractivity contribution >= 4 is 33.2 Å². The Morgan fingerprint density at radius 1 is 1.22 bits per heavy atom. The Kier molecular flexibility index (Phi) is 4.25. The molecule has 1 N–H and O–H groups in total. The van der Waals surface area contributed by atoms with Crippen molar-refractivity contribution in [2.45, 2.75) is 19.9 Å². The topological polar surface area (TPSA) is 24.9 Å². The minimum absolute atomic E-state index is 0.197. The summed E-state index contributed by atoms with van der Waals surface area (Å²) in [6.45, 7) is 4.06. The molecule has 2 aromatic rings. The van der Waals surface area contributed by atoms with Gasteiger partial charge in [0.2, 0.25) is 0 Å². The zero-order valence-corrected chi connectivity index (χ0v) is 12.6. The predicted molar refractivity (Wildman–Crippen MR) is 80.2 cm³/mol. The zero-order chi connectivity index (χ0) is 13.1. The van der Waals surface area contributed by atoms with Crippen molar-refractivity contribution in [3.8, 4) is 0 Å². The molecular weight excluding hydrogens is 312 g/mol. The van der Waals surface area contributed by atoms with E-state index < -0.39 is 0 Å². The lowest BCUT2D eigenvalue weighted by Crippen LogP contribution is -2.08. The van der Waals surface area contributed by atoms with Gasteiger partial charge in [0.1, 0.15) is 5.15 Å². The maximum Gasteiger partial charge on any atom is 0.129 e. The number of aromatic nitrogens is 1. The first kappa shape index (κ1) is 13.4. The van der Waals surface area contributed by atoms with E-state index in [0.717, 1.165) is 15.9 Å². The Balaban J connectivity index is 2.21. The highest BCUT2D eigenvalue weighted by molar-refractivity contribution is 9.10. The molecule has 18 heavy (non-hydrogen) atoms. The molecule has 0 bridgehead atoms. The average molecular weight is 326 g/mol. The van der Waals surface area contributed by atoms with E-state index in [4.69, 9.17) is 11.6 Å². The number of rotatable bonds is 3. The molecule has 0 saturated heterocycles. The van der Waals surface area contributed by atoms with Gasteiger partial charge in [0.15, 0.2) is 0 Å². The van der Waals surface area contributed by atoms with Crippen LogP contribution in [0.4, 0.5) is 5.69 Å². The van der Waals surface area contributed by atoms with Gasteiger partial charge in [0.05, 0.1) is 11.4 Å². The van der Waals surface area contributed by atoms with Crippen molar-refractivity contribution < 1.29 is 0 Å². The summed E-state index contributed by atoms with van der Waals surface area (Å²) in [6, 6.07) is 12.1. The lowest BCUT2D eigenvalue weighted by atomic mass is 10.1. The van der Waals surface area contributed by atoms with Crippen LogP contribution in [0.3, 0.4) is 0 Å². The van der Waals surface area contributed by atoms with Gasteiger partial charge in [0, 0.05) is 10.5 Å². The first-order valence-electron chi connectivity index (χ1n) is 5.72. The summed E-state index contributed by atoms with van der Waals surface area (Å²) in [5, 5.41) is 3.96. The predicted octanol–water partition coefficient (Wildman–Crippen LogP) is 4.98. The van der Waals surface area contributed by atoms with E-state index in [-0.39, 0.29) is 6.04 Å². The third-order valence-electron chi connectivity index (χ3n) is 2.80. The molecule has 1 heterocycles. The summed E-state index contributed by atoms with van der Waals surface area (Å²) < 4.78 is 1.10. The van der Waals surface area contributed by atoms with E-state index in [1.807, 2.05) is 31.2 Å². The van der Waals surface area contributed by atoms with Gasteiger partial charge in [-0.2, -0.15) is 0 Å². The minimum atomic E-state index is 0.197. The largest absolute Gasteiger partial charge is 0.377 e. The van der Waals surface area contributed by atoms with Crippen molar-refractivity contribution in [3.05, 3.63) is 57.3 Å². The van der Waals surface area contributed by atoms with Crippen LogP contribution < -0.4 is 5.32 Å². The molecule has 1 aromatic heterocycles. The van der Waals surface area contributed by atoms with E-state index in [1.165, 1.54) is 5.56 Å². The summed E-state index contributed by atoms with van der Waals surface area (Å²) in [4.78, 5) is 4.23. The van der Waals surface area contributed by atoms with E-state index in [1.54, 1.807) is 6.07 Å². The molecule has 4 heteroatoms. The monoisotopic (exact) mass is 324 g/mol. The van der Waals surface area contributed by atoms with Crippen LogP contribution in [0.25, 0.3) is 0 Å². The van der Waals surface area contributed by atoms with Crippen molar-refractivity contribution in [3.63, 3.8) is 0 Å². The van der Waals surface area contributed by atoms with Gasteiger partial charge in [-0.3, -0.25) is 0 Å². The van der Waals surface area contributed by atoms with Crippen LogP contribution in [0.1, 0.15) is 24.2 Å². The lowest BCUT2D eigenvalue weighted by Gasteiger charge is -2.18. The fourth-order valence-electron chi connectivity index (χ4n) is 1.82. The third kappa shape index (κ3) is 3.03. The highest BCUT2D eigenvalue weighted by atomic mass is 79.9. The Morgan fingerprint density at radius 3 is 2.61 bits per heavy atom. The Labute approximate surface area is 121 Å². The minimum Gasteiger partial charge on any atom is -0.377 e. The fraction of sp³-hybridized carbons (Fsp3) is 0.214. The zero-order valence-electron chi connectivity index (χ0n) is 10.2. The molecule has 0 aliphatic rings. The molecule has 1 unspecified atom stereocenters. The van der Waals surface area contributed by atoms with Gasteiger partial charge in [-0.1, -0.05) is 45.7 Å². The van der Waals surface area contributed by atoms with Crippen molar-refractivity contribution in [2.24, 2.45) is 0 Å². The van der Waals surface area contributed by atoms with Gasteiger partial charge < -0.3 is 5.32 Å². The molecule has 2 nitrogen and oxygen atoms in total. The van der Waals surface area contributed by atoms with Crippen LogP contribution in [-0.4, -0.2) is 4.98 Å². The number of anilines is 1. The first-order chi connectivity index (χ1) is 8.58. The number of aryl methyl sites for hydroxylation is 1. The van der Waals surface area contributed by atoms with Crippen molar-refractivity contribution in [1.82, 2.24) is 4.98 Å². The molecule has 0 spiro atoms. The Hall–Kier alpha value is -1.06. The van der Waals surface area contributed by atoms with Gasteiger partial charge >= 0.3 is 0 Å². The van der Waals surface area contributed by atoms with E-state index in [9.17, 15) is 0 Å². The molecule has 1 aromatic carbocycles. The SMILES string of the molecule is Cc1nc(Cl)ccc1NC(C)c1ccccc1Br. The molecule has 0 radical (unpaired) electrons. The number of hydrogen-bond donors (Lipinski definition) is 1. The summed E-state index contributed by atoms with van der Waals surface area (Å²) in [7, 11) is 0. The molecule has 1 atom stereocenters. The molecule has 0 aliphatic carbocycles. The number of nitrogens with one attached hydrogen (secondary N) is 1. The van der Waals surface area contributed by atoms with E-state index in [2.05, 4.69) is 39.2 Å². The van der Waals surface area contributed by atoms with Crippen LogP contribution in [0, 0.1) is 6.92 Å². The molecule has 0 saturated carbocycles. The average Bonchev–Trinajstić information content (AvgIpc) is 2.33. The Bertz CT molecular complexity index is 557. The second-order valence-corrected chi connectivity index (χ2v) is 5.40. The number of benzene rings is 1.